The van der Waals surface area contributed by atoms with Crippen molar-refractivity contribution < 1.29 is 4.79 Å². The molecule has 4 nitrogen and oxygen atoms in total. The van der Waals surface area contributed by atoms with E-state index in [2.05, 4.69) is 28.3 Å². The van der Waals surface area contributed by atoms with E-state index in [0.717, 1.165) is 15.8 Å². The molecule has 3 aromatic rings. The Hall–Kier alpha value is -2.14. The first-order chi connectivity index (χ1) is 9.52. The maximum atomic E-state index is 12.2. The molecule has 102 valence electrons. The van der Waals surface area contributed by atoms with E-state index in [-0.39, 0.29) is 5.91 Å². The number of aryl methyl sites for hydroxylation is 3. The van der Waals surface area contributed by atoms with E-state index in [0.29, 0.717) is 10.8 Å². The van der Waals surface area contributed by atoms with Gasteiger partial charge in [-0.1, -0.05) is 6.07 Å². The summed E-state index contributed by atoms with van der Waals surface area (Å²) in [6.45, 7) is 6.06. The number of aromatic nitrogens is 2. The summed E-state index contributed by atoms with van der Waals surface area (Å²) < 4.78 is 0. The molecule has 20 heavy (non-hydrogen) atoms. The van der Waals surface area contributed by atoms with E-state index in [1.54, 1.807) is 6.20 Å². The number of anilines is 1. The fourth-order valence-electron chi connectivity index (χ4n) is 2.30. The van der Waals surface area contributed by atoms with Crippen molar-refractivity contribution in [1.29, 1.82) is 0 Å². The van der Waals surface area contributed by atoms with Crippen LogP contribution in [-0.4, -0.2) is 15.9 Å². The smallest absolute Gasteiger partial charge is 0.273 e. The van der Waals surface area contributed by atoms with Crippen molar-refractivity contribution in [2.45, 2.75) is 20.8 Å². The maximum absolute atomic E-state index is 12.2. The van der Waals surface area contributed by atoms with Gasteiger partial charge in [-0.05, 0) is 44.0 Å². The maximum Gasteiger partial charge on any atom is 0.273 e. The topological polar surface area (TPSA) is 57.8 Å². The van der Waals surface area contributed by atoms with Crippen LogP contribution in [0.4, 0.5) is 5.13 Å². The number of fused-ring (bicyclic) bond motifs is 1. The van der Waals surface area contributed by atoms with Crippen LogP contribution in [0.3, 0.4) is 0 Å². The van der Waals surface area contributed by atoms with Gasteiger partial charge in [-0.25, -0.2) is 4.98 Å². The predicted molar refractivity (Wildman–Crippen MR) is 82.6 cm³/mol. The average molecular weight is 285 g/mol. The highest BCUT2D eigenvalue weighted by atomic mass is 32.1. The second-order valence-electron chi connectivity index (χ2n) is 4.96. The number of aromatic amines is 1. The summed E-state index contributed by atoms with van der Waals surface area (Å²) in [5.74, 6) is -0.160. The molecule has 1 amide bonds. The summed E-state index contributed by atoms with van der Waals surface area (Å²) >= 11 is 1.47. The Morgan fingerprint density at radius 3 is 2.75 bits per heavy atom. The highest BCUT2D eigenvalue weighted by molar-refractivity contribution is 7.15. The lowest BCUT2D eigenvalue weighted by molar-refractivity contribution is 0.102. The van der Waals surface area contributed by atoms with Crippen LogP contribution in [0.25, 0.3) is 10.9 Å². The first-order valence-corrected chi connectivity index (χ1v) is 7.18. The number of hydrogen-bond acceptors (Lipinski definition) is 3. The zero-order valence-corrected chi connectivity index (χ0v) is 12.4. The first-order valence-electron chi connectivity index (χ1n) is 6.36. The van der Waals surface area contributed by atoms with Gasteiger partial charge >= 0.3 is 0 Å². The third kappa shape index (κ3) is 2.32. The van der Waals surface area contributed by atoms with E-state index in [1.807, 2.05) is 26.0 Å². The van der Waals surface area contributed by atoms with Crippen molar-refractivity contribution in [3.8, 4) is 0 Å². The molecule has 2 N–H and O–H groups in total. The van der Waals surface area contributed by atoms with Crippen LogP contribution in [0.15, 0.2) is 24.4 Å². The van der Waals surface area contributed by atoms with E-state index in [9.17, 15) is 4.79 Å². The second-order valence-corrected chi connectivity index (χ2v) is 6.19. The Balaban J connectivity index is 1.94. The molecule has 0 aliphatic heterocycles. The summed E-state index contributed by atoms with van der Waals surface area (Å²) in [5.41, 5.74) is 3.89. The van der Waals surface area contributed by atoms with Crippen molar-refractivity contribution in [3.63, 3.8) is 0 Å². The molecular weight excluding hydrogens is 270 g/mol. The molecule has 0 fully saturated rings. The van der Waals surface area contributed by atoms with Crippen LogP contribution in [0.5, 0.6) is 0 Å². The number of nitrogens with zero attached hydrogens (tertiary/aromatic N) is 1. The molecule has 0 aliphatic carbocycles. The van der Waals surface area contributed by atoms with Crippen LogP contribution in [0, 0.1) is 20.8 Å². The summed E-state index contributed by atoms with van der Waals surface area (Å²) in [5, 5.41) is 4.52. The molecule has 0 atom stereocenters. The van der Waals surface area contributed by atoms with Gasteiger partial charge in [-0.15, -0.1) is 11.3 Å². The Labute approximate surface area is 120 Å². The molecule has 0 spiro atoms. The molecule has 3 rings (SSSR count). The van der Waals surface area contributed by atoms with Gasteiger partial charge in [0, 0.05) is 22.0 Å². The van der Waals surface area contributed by atoms with Gasteiger partial charge in [0.25, 0.3) is 5.91 Å². The lowest BCUT2D eigenvalue weighted by Gasteiger charge is -1.98. The van der Waals surface area contributed by atoms with Gasteiger partial charge in [-0.2, -0.15) is 0 Å². The number of thiazole rings is 1. The second kappa shape index (κ2) is 4.76. The minimum atomic E-state index is -0.160. The third-order valence-electron chi connectivity index (χ3n) is 3.18. The predicted octanol–water partition coefficient (Wildman–Crippen LogP) is 3.80. The van der Waals surface area contributed by atoms with Crippen LogP contribution in [0.2, 0.25) is 0 Å². The Kier molecular flexibility index (Phi) is 3.06. The van der Waals surface area contributed by atoms with Crippen molar-refractivity contribution in [3.05, 3.63) is 46.1 Å². The lowest BCUT2D eigenvalue weighted by atomic mass is 10.1. The Morgan fingerprint density at radius 2 is 2.05 bits per heavy atom. The number of amides is 1. The number of rotatable bonds is 2. The fraction of sp³-hybridized carbons (Fsp3) is 0.200. The number of benzene rings is 1. The van der Waals surface area contributed by atoms with Crippen LogP contribution in [0.1, 0.15) is 26.5 Å². The van der Waals surface area contributed by atoms with Gasteiger partial charge in [-0.3, -0.25) is 10.1 Å². The van der Waals surface area contributed by atoms with Gasteiger partial charge < -0.3 is 4.98 Å². The molecule has 0 aliphatic rings. The van der Waals surface area contributed by atoms with E-state index in [4.69, 9.17) is 0 Å². The van der Waals surface area contributed by atoms with E-state index < -0.39 is 0 Å². The monoisotopic (exact) mass is 285 g/mol. The number of carbonyl (C=O) groups excluding carboxylic acids is 1. The Bertz CT molecular complexity index is 801. The zero-order valence-electron chi connectivity index (χ0n) is 11.6. The normalized spacial score (nSPS) is 10.9. The number of nitrogens with one attached hydrogen (secondary N) is 2. The van der Waals surface area contributed by atoms with Gasteiger partial charge in [0.05, 0.1) is 0 Å². The average Bonchev–Trinajstić information content (AvgIpc) is 2.95. The summed E-state index contributed by atoms with van der Waals surface area (Å²) in [4.78, 5) is 20.6. The van der Waals surface area contributed by atoms with Crippen molar-refractivity contribution in [1.82, 2.24) is 9.97 Å². The molecule has 0 unspecified atom stereocenters. The summed E-state index contributed by atoms with van der Waals surface area (Å²) in [7, 11) is 0. The molecule has 5 heteroatoms. The number of carbonyl (C=O) groups is 1. The summed E-state index contributed by atoms with van der Waals surface area (Å²) in [6, 6.07) is 6.05. The van der Waals surface area contributed by atoms with Gasteiger partial charge in [0.15, 0.2) is 5.13 Å². The highest BCUT2D eigenvalue weighted by Gasteiger charge is 2.12. The van der Waals surface area contributed by atoms with Gasteiger partial charge in [0.2, 0.25) is 0 Å². The standard InChI is InChI=1S/C15H15N3OS/c1-8-4-9(2)11-6-13(17-12(11)5-8)14(19)18-15-16-7-10(3)20-15/h4-7,17H,1-3H3,(H,16,18,19). The van der Waals surface area contributed by atoms with Crippen molar-refractivity contribution in [2.24, 2.45) is 0 Å². The number of hydrogen-bond donors (Lipinski definition) is 2. The van der Waals surface area contributed by atoms with Crippen LogP contribution >= 0.6 is 11.3 Å². The van der Waals surface area contributed by atoms with Crippen LogP contribution < -0.4 is 5.32 Å². The highest BCUT2D eigenvalue weighted by Crippen LogP contribution is 2.23. The quantitative estimate of drug-likeness (QED) is 0.752. The van der Waals surface area contributed by atoms with Crippen molar-refractivity contribution in [2.75, 3.05) is 5.32 Å². The zero-order chi connectivity index (χ0) is 14.3. The minimum Gasteiger partial charge on any atom is -0.351 e. The molecule has 0 radical (unpaired) electrons. The fourth-order valence-corrected chi connectivity index (χ4v) is 2.96. The SMILES string of the molecule is Cc1cc(C)c2cc(C(=O)Nc3ncc(C)s3)[nH]c2c1. The summed E-state index contributed by atoms with van der Waals surface area (Å²) in [6.07, 6.45) is 1.75. The molecule has 1 aromatic carbocycles. The van der Waals surface area contributed by atoms with E-state index >= 15 is 0 Å². The molecule has 0 saturated heterocycles. The van der Waals surface area contributed by atoms with Crippen molar-refractivity contribution >= 4 is 33.3 Å². The molecule has 2 aromatic heterocycles. The lowest BCUT2D eigenvalue weighted by Crippen LogP contribution is -2.11. The molecular formula is C15H15N3OS. The third-order valence-corrected chi connectivity index (χ3v) is 4.00. The van der Waals surface area contributed by atoms with Gasteiger partial charge in [0.1, 0.15) is 5.69 Å². The number of H-pyrrole nitrogens is 1. The minimum absolute atomic E-state index is 0.160. The Morgan fingerprint density at radius 1 is 1.25 bits per heavy atom. The van der Waals surface area contributed by atoms with Crippen LogP contribution in [-0.2, 0) is 0 Å². The molecule has 2 heterocycles. The first kappa shape index (κ1) is 12.9. The largest absolute Gasteiger partial charge is 0.351 e. The molecule has 0 saturated carbocycles. The molecule has 0 bridgehead atoms. The van der Waals surface area contributed by atoms with E-state index in [1.165, 1.54) is 22.5 Å².